The number of nitrogens with zero attached hydrogens (tertiary/aromatic N) is 2. The number of ether oxygens (including phenoxy) is 2. The molecule has 4 aromatic rings. The molecule has 0 atom stereocenters. The Kier molecular flexibility index (Phi) is 6.85. The predicted molar refractivity (Wildman–Crippen MR) is 128 cm³/mol. The zero-order chi connectivity index (χ0) is 21.8. The lowest BCUT2D eigenvalue weighted by Crippen LogP contribution is -2.23. The SMILES string of the molecule is COc1ccc(CCn2c(SCc3cccc(Cl)c3)nc3ccsc3c2=O)cc1OC. The molecule has 5 nitrogen and oxygen atoms in total. The van der Waals surface area contributed by atoms with Crippen LogP contribution in [0.1, 0.15) is 11.1 Å². The van der Waals surface area contributed by atoms with E-state index in [0.29, 0.717) is 45.1 Å². The van der Waals surface area contributed by atoms with Crippen molar-refractivity contribution in [3.8, 4) is 11.5 Å². The van der Waals surface area contributed by atoms with E-state index in [1.54, 1.807) is 30.5 Å². The number of rotatable bonds is 8. The Morgan fingerprint density at radius 2 is 1.90 bits per heavy atom. The fourth-order valence-corrected chi connectivity index (χ4v) is 5.24. The Bertz CT molecular complexity index is 1270. The van der Waals surface area contributed by atoms with Gasteiger partial charge in [0.1, 0.15) is 4.70 Å². The average molecular weight is 473 g/mol. The average Bonchev–Trinajstić information content (AvgIpc) is 3.26. The molecule has 0 amide bonds. The van der Waals surface area contributed by atoms with Crippen LogP contribution in [0, 0.1) is 0 Å². The number of aromatic nitrogens is 2. The maximum Gasteiger partial charge on any atom is 0.272 e. The minimum atomic E-state index is -0.00549. The Morgan fingerprint density at radius 3 is 2.68 bits per heavy atom. The maximum absolute atomic E-state index is 13.2. The first kappa shape index (κ1) is 21.7. The molecule has 0 unspecified atom stereocenters. The van der Waals surface area contributed by atoms with Gasteiger partial charge < -0.3 is 9.47 Å². The van der Waals surface area contributed by atoms with Crippen molar-refractivity contribution in [1.29, 1.82) is 0 Å². The molecule has 0 saturated heterocycles. The smallest absolute Gasteiger partial charge is 0.272 e. The number of fused-ring (bicyclic) bond motifs is 1. The van der Waals surface area contributed by atoms with Crippen molar-refractivity contribution in [1.82, 2.24) is 9.55 Å². The molecule has 0 aliphatic rings. The van der Waals surface area contributed by atoms with E-state index < -0.39 is 0 Å². The molecule has 0 aliphatic carbocycles. The summed E-state index contributed by atoms with van der Waals surface area (Å²) in [4.78, 5) is 17.9. The summed E-state index contributed by atoms with van der Waals surface area (Å²) in [5.74, 6) is 2.04. The van der Waals surface area contributed by atoms with Crippen molar-refractivity contribution >= 4 is 44.9 Å². The number of hydrogen-bond donors (Lipinski definition) is 0. The van der Waals surface area contributed by atoms with Crippen molar-refractivity contribution in [2.45, 2.75) is 23.9 Å². The van der Waals surface area contributed by atoms with Crippen molar-refractivity contribution < 1.29 is 9.47 Å². The fraction of sp³-hybridized carbons (Fsp3) is 0.217. The van der Waals surface area contributed by atoms with Crippen molar-refractivity contribution in [3.63, 3.8) is 0 Å². The zero-order valence-corrected chi connectivity index (χ0v) is 19.5. The molecule has 2 aromatic carbocycles. The zero-order valence-electron chi connectivity index (χ0n) is 17.1. The highest BCUT2D eigenvalue weighted by Crippen LogP contribution is 2.29. The van der Waals surface area contributed by atoms with E-state index in [1.807, 2.05) is 53.9 Å². The minimum absolute atomic E-state index is 0.00549. The quantitative estimate of drug-likeness (QED) is 0.244. The van der Waals surface area contributed by atoms with Crippen molar-refractivity contribution in [2.75, 3.05) is 14.2 Å². The molecule has 160 valence electrons. The molecular weight excluding hydrogens is 452 g/mol. The van der Waals surface area contributed by atoms with Gasteiger partial charge in [-0.3, -0.25) is 9.36 Å². The van der Waals surface area contributed by atoms with Crippen molar-refractivity contribution in [2.24, 2.45) is 0 Å². The summed E-state index contributed by atoms with van der Waals surface area (Å²) < 4.78 is 13.2. The van der Waals surface area contributed by atoms with Crippen LogP contribution in [0.25, 0.3) is 10.2 Å². The summed E-state index contributed by atoms with van der Waals surface area (Å²) in [5, 5.41) is 3.31. The second-order valence-electron chi connectivity index (χ2n) is 6.84. The van der Waals surface area contributed by atoms with E-state index >= 15 is 0 Å². The number of halogens is 1. The van der Waals surface area contributed by atoms with Gasteiger partial charge in [-0.25, -0.2) is 4.98 Å². The standard InChI is InChI=1S/C23H21ClN2O3S2/c1-28-19-7-6-15(13-20(19)29-2)8-10-26-22(27)21-18(9-11-30-21)25-23(26)31-14-16-4-3-5-17(24)12-16/h3-7,9,11-13H,8,10,14H2,1-2H3. The summed E-state index contributed by atoms with van der Waals surface area (Å²) in [6.45, 7) is 0.521. The number of methoxy groups -OCH3 is 2. The lowest BCUT2D eigenvalue weighted by molar-refractivity contribution is 0.354. The van der Waals surface area contributed by atoms with Gasteiger partial charge in [0.25, 0.3) is 5.56 Å². The van der Waals surface area contributed by atoms with Gasteiger partial charge in [0.05, 0.1) is 19.7 Å². The van der Waals surface area contributed by atoms with E-state index in [2.05, 4.69) is 0 Å². The van der Waals surface area contributed by atoms with Gasteiger partial charge in [-0.1, -0.05) is 41.6 Å². The van der Waals surface area contributed by atoms with Crippen LogP contribution in [0.5, 0.6) is 11.5 Å². The third-order valence-electron chi connectivity index (χ3n) is 4.86. The highest BCUT2D eigenvalue weighted by molar-refractivity contribution is 7.98. The van der Waals surface area contributed by atoms with Crippen LogP contribution in [0.3, 0.4) is 0 Å². The van der Waals surface area contributed by atoms with Gasteiger partial charge in [0.15, 0.2) is 16.7 Å². The van der Waals surface area contributed by atoms with E-state index in [-0.39, 0.29) is 5.56 Å². The van der Waals surface area contributed by atoms with Gasteiger partial charge >= 0.3 is 0 Å². The molecule has 0 N–H and O–H groups in total. The van der Waals surface area contributed by atoms with Crippen LogP contribution in [0.15, 0.2) is 63.9 Å². The second kappa shape index (κ2) is 9.77. The van der Waals surface area contributed by atoms with Crippen LogP contribution in [-0.4, -0.2) is 23.8 Å². The monoisotopic (exact) mass is 472 g/mol. The van der Waals surface area contributed by atoms with Gasteiger partial charge in [-0.2, -0.15) is 0 Å². The van der Waals surface area contributed by atoms with Crippen LogP contribution in [-0.2, 0) is 18.7 Å². The van der Waals surface area contributed by atoms with Gasteiger partial charge in [0.2, 0.25) is 0 Å². The third kappa shape index (κ3) is 4.89. The molecule has 0 bridgehead atoms. The van der Waals surface area contributed by atoms with E-state index in [1.165, 1.54) is 11.3 Å². The molecule has 0 aliphatic heterocycles. The summed E-state index contributed by atoms with van der Waals surface area (Å²) in [6.07, 6.45) is 0.670. The first-order valence-corrected chi connectivity index (χ1v) is 11.9. The number of thiophene rings is 1. The molecule has 31 heavy (non-hydrogen) atoms. The first-order valence-electron chi connectivity index (χ1n) is 9.65. The number of benzene rings is 2. The molecular formula is C23H21ClN2O3S2. The minimum Gasteiger partial charge on any atom is -0.493 e. The van der Waals surface area contributed by atoms with E-state index in [9.17, 15) is 4.79 Å². The Morgan fingerprint density at radius 1 is 1.06 bits per heavy atom. The highest BCUT2D eigenvalue weighted by atomic mass is 35.5. The first-order chi connectivity index (χ1) is 15.1. The van der Waals surface area contributed by atoms with E-state index in [0.717, 1.165) is 16.6 Å². The van der Waals surface area contributed by atoms with Crippen molar-refractivity contribution in [3.05, 3.63) is 80.4 Å². The van der Waals surface area contributed by atoms with Crippen LogP contribution in [0.2, 0.25) is 5.02 Å². The van der Waals surface area contributed by atoms with Crippen LogP contribution in [0.4, 0.5) is 0 Å². The van der Waals surface area contributed by atoms with Crippen LogP contribution < -0.4 is 15.0 Å². The number of thioether (sulfide) groups is 1. The summed E-state index contributed by atoms with van der Waals surface area (Å²) >= 11 is 9.08. The molecule has 8 heteroatoms. The fourth-order valence-electron chi connectivity index (χ4n) is 3.28. The molecule has 4 rings (SSSR count). The predicted octanol–water partition coefficient (Wildman–Crippen LogP) is 5.66. The summed E-state index contributed by atoms with van der Waals surface area (Å²) in [7, 11) is 3.23. The Balaban J connectivity index is 1.62. The summed E-state index contributed by atoms with van der Waals surface area (Å²) in [5.41, 5.74) is 2.88. The highest BCUT2D eigenvalue weighted by Gasteiger charge is 2.14. The number of aryl methyl sites for hydroxylation is 1. The Hall–Kier alpha value is -2.48. The molecule has 2 aromatic heterocycles. The summed E-state index contributed by atoms with van der Waals surface area (Å²) in [6, 6.07) is 15.4. The van der Waals surface area contributed by atoms with Gasteiger partial charge in [-0.15, -0.1) is 11.3 Å². The second-order valence-corrected chi connectivity index (χ2v) is 9.14. The van der Waals surface area contributed by atoms with Gasteiger partial charge in [-0.05, 0) is 53.3 Å². The lowest BCUT2D eigenvalue weighted by Gasteiger charge is -2.13. The third-order valence-corrected chi connectivity index (χ3v) is 7.03. The topological polar surface area (TPSA) is 53.4 Å². The maximum atomic E-state index is 13.2. The normalized spacial score (nSPS) is 11.1. The molecule has 0 radical (unpaired) electrons. The lowest BCUT2D eigenvalue weighted by atomic mass is 10.1. The van der Waals surface area contributed by atoms with E-state index in [4.69, 9.17) is 26.1 Å². The van der Waals surface area contributed by atoms with Gasteiger partial charge in [0, 0.05) is 17.3 Å². The molecule has 0 saturated carbocycles. The number of hydrogen-bond acceptors (Lipinski definition) is 6. The Labute approximate surface area is 193 Å². The largest absolute Gasteiger partial charge is 0.493 e. The van der Waals surface area contributed by atoms with Crippen LogP contribution >= 0.6 is 34.7 Å². The molecule has 0 fully saturated rings. The molecule has 0 spiro atoms. The molecule has 2 heterocycles.